The zero-order chi connectivity index (χ0) is 13.7. The highest BCUT2D eigenvalue weighted by atomic mass is 35.5. The van der Waals surface area contributed by atoms with E-state index in [-0.39, 0.29) is 0 Å². The minimum absolute atomic E-state index is 0.353. The van der Waals surface area contributed by atoms with Gasteiger partial charge in [-0.05, 0) is 18.6 Å². The first-order valence-electron chi connectivity index (χ1n) is 5.88. The van der Waals surface area contributed by atoms with E-state index in [1.54, 1.807) is 13.2 Å². The van der Waals surface area contributed by atoms with Gasteiger partial charge in [-0.25, -0.2) is 0 Å². The largest absolute Gasteiger partial charge is 0.487 e. The molecule has 1 heterocycles. The predicted molar refractivity (Wildman–Crippen MR) is 73.7 cm³/mol. The molecule has 0 radical (unpaired) electrons. The maximum absolute atomic E-state index is 5.90. The Hall–Kier alpha value is -1.81. The summed E-state index contributed by atoms with van der Waals surface area (Å²) in [5.74, 6) is 1.72. The van der Waals surface area contributed by atoms with Gasteiger partial charge < -0.3 is 9.47 Å². The summed E-state index contributed by atoms with van der Waals surface area (Å²) in [6.07, 6.45) is 0. The van der Waals surface area contributed by atoms with Crippen LogP contribution in [-0.4, -0.2) is 17.3 Å². The Kier molecular flexibility index (Phi) is 4.58. The Morgan fingerprint density at radius 2 is 2.00 bits per heavy atom. The molecule has 2 aromatic rings. The van der Waals surface area contributed by atoms with Gasteiger partial charge in [0.15, 0.2) is 0 Å². The average molecular weight is 279 g/mol. The molecule has 0 unspecified atom stereocenters. The number of rotatable bonds is 5. The maximum atomic E-state index is 5.90. The third kappa shape index (κ3) is 3.35. The molecule has 5 heteroatoms. The number of halogens is 1. The first kappa shape index (κ1) is 13.6. The van der Waals surface area contributed by atoms with Crippen LogP contribution in [0.3, 0.4) is 0 Å². The summed E-state index contributed by atoms with van der Waals surface area (Å²) in [6, 6.07) is 9.49. The minimum atomic E-state index is 0.353. The van der Waals surface area contributed by atoms with Crippen LogP contribution in [-0.2, 0) is 12.5 Å². The van der Waals surface area contributed by atoms with Gasteiger partial charge >= 0.3 is 0 Å². The summed E-state index contributed by atoms with van der Waals surface area (Å²) in [5.41, 5.74) is 2.77. The molecule has 0 aliphatic carbocycles. The Morgan fingerprint density at radius 1 is 1.16 bits per heavy atom. The predicted octanol–water partition coefficient (Wildman–Crippen LogP) is 3.11. The topological polar surface area (TPSA) is 44.2 Å². The molecule has 0 atom stereocenters. The van der Waals surface area contributed by atoms with E-state index in [1.807, 2.05) is 31.2 Å². The van der Waals surface area contributed by atoms with Crippen molar-refractivity contribution in [2.75, 3.05) is 7.11 Å². The molecular formula is C14H15ClN2O2. The molecule has 0 spiro atoms. The number of nitrogens with zero attached hydrogens (tertiary/aromatic N) is 2. The summed E-state index contributed by atoms with van der Waals surface area (Å²) in [4.78, 5) is 0. The van der Waals surface area contributed by atoms with Gasteiger partial charge in [-0.3, -0.25) is 0 Å². The molecule has 0 fully saturated rings. The molecule has 19 heavy (non-hydrogen) atoms. The van der Waals surface area contributed by atoms with Gasteiger partial charge in [0.05, 0.1) is 13.0 Å². The van der Waals surface area contributed by atoms with Crippen LogP contribution in [0.2, 0.25) is 0 Å². The van der Waals surface area contributed by atoms with Crippen molar-refractivity contribution in [3.05, 3.63) is 47.2 Å². The van der Waals surface area contributed by atoms with Gasteiger partial charge in [-0.1, -0.05) is 18.2 Å². The molecular weight excluding hydrogens is 264 g/mol. The zero-order valence-electron chi connectivity index (χ0n) is 10.9. The fraction of sp³-hybridized carbons (Fsp3) is 0.286. The van der Waals surface area contributed by atoms with Crippen molar-refractivity contribution in [2.24, 2.45) is 0 Å². The number of para-hydroxylation sites is 1. The van der Waals surface area contributed by atoms with Crippen molar-refractivity contribution in [1.29, 1.82) is 0 Å². The number of aryl methyl sites for hydroxylation is 1. The van der Waals surface area contributed by atoms with E-state index in [0.29, 0.717) is 18.4 Å². The number of methoxy groups -OCH3 is 1. The Bertz CT molecular complexity index is 544. The smallest absolute Gasteiger partial charge is 0.233 e. The molecule has 0 aliphatic heterocycles. The minimum Gasteiger partial charge on any atom is -0.487 e. The van der Waals surface area contributed by atoms with Crippen molar-refractivity contribution in [2.45, 2.75) is 19.4 Å². The van der Waals surface area contributed by atoms with Gasteiger partial charge in [0.25, 0.3) is 0 Å². The van der Waals surface area contributed by atoms with E-state index in [9.17, 15) is 0 Å². The standard InChI is InChI=1S/C14H15ClN2O2/c1-10-4-3-5-11(8-15)14(10)19-9-12-6-7-13(18-2)17-16-12/h3-7H,8-9H2,1-2H3. The van der Waals surface area contributed by atoms with Crippen LogP contribution >= 0.6 is 11.6 Å². The molecule has 1 aromatic carbocycles. The molecule has 0 saturated carbocycles. The molecule has 100 valence electrons. The van der Waals surface area contributed by atoms with E-state index >= 15 is 0 Å². The second-order valence-corrected chi connectivity index (χ2v) is 4.32. The SMILES string of the molecule is COc1ccc(COc2c(C)cccc2CCl)nn1. The third-order valence-corrected chi connectivity index (χ3v) is 2.99. The molecule has 1 aromatic heterocycles. The van der Waals surface area contributed by atoms with Gasteiger partial charge in [0.2, 0.25) is 5.88 Å². The zero-order valence-corrected chi connectivity index (χ0v) is 11.6. The number of alkyl halides is 1. The lowest BCUT2D eigenvalue weighted by Gasteiger charge is -2.12. The molecule has 2 rings (SSSR count). The van der Waals surface area contributed by atoms with Crippen molar-refractivity contribution in [3.8, 4) is 11.6 Å². The number of hydrogen-bond donors (Lipinski definition) is 0. The summed E-state index contributed by atoms with van der Waals surface area (Å²) in [6.45, 7) is 2.34. The lowest BCUT2D eigenvalue weighted by atomic mass is 10.1. The highest BCUT2D eigenvalue weighted by molar-refractivity contribution is 6.17. The number of benzene rings is 1. The van der Waals surface area contributed by atoms with Gasteiger partial charge in [0, 0.05) is 11.6 Å². The van der Waals surface area contributed by atoms with Gasteiger partial charge in [-0.15, -0.1) is 21.8 Å². The van der Waals surface area contributed by atoms with E-state index in [1.165, 1.54) is 0 Å². The Labute approximate surface area is 117 Å². The first-order valence-corrected chi connectivity index (χ1v) is 6.42. The van der Waals surface area contributed by atoms with Crippen molar-refractivity contribution < 1.29 is 9.47 Å². The lowest BCUT2D eigenvalue weighted by Crippen LogP contribution is -2.03. The summed E-state index contributed by atoms with van der Waals surface area (Å²) in [5, 5.41) is 7.91. The van der Waals surface area contributed by atoms with Crippen LogP contribution < -0.4 is 9.47 Å². The number of aromatic nitrogens is 2. The number of ether oxygens (including phenoxy) is 2. The molecule has 0 aliphatic rings. The van der Waals surface area contributed by atoms with Crippen LogP contribution in [0.15, 0.2) is 30.3 Å². The van der Waals surface area contributed by atoms with Crippen LogP contribution in [0.1, 0.15) is 16.8 Å². The van der Waals surface area contributed by atoms with Gasteiger partial charge in [-0.2, -0.15) is 0 Å². The van der Waals surface area contributed by atoms with E-state index in [4.69, 9.17) is 21.1 Å². The highest BCUT2D eigenvalue weighted by Crippen LogP contribution is 2.25. The molecule has 0 bridgehead atoms. The Balaban J connectivity index is 2.09. The fourth-order valence-corrected chi connectivity index (χ4v) is 1.92. The summed E-state index contributed by atoms with van der Waals surface area (Å²) >= 11 is 5.90. The molecule has 0 N–H and O–H groups in total. The Morgan fingerprint density at radius 3 is 2.63 bits per heavy atom. The summed E-state index contributed by atoms with van der Waals surface area (Å²) in [7, 11) is 1.56. The van der Waals surface area contributed by atoms with Crippen molar-refractivity contribution in [1.82, 2.24) is 10.2 Å². The second-order valence-electron chi connectivity index (χ2n) is 4.05. The van der Waals surface area contributed by atoms with Gasteiger partial charge in [0.1, 0.15) is 18.1 Å². The quantitative estimate of drug-likeness (QED) is 0.788. The number of hydrogen-bond acceptors (Lipinski definition) is 4. The van der Waals surface area contributed by atoms with Crippen LogP contribution in [0.25, 0.3) is 0 Å². The maximum Gasteiger partial charge on any atom is 0.233 e. The molecule has 4 nitrogen and oxygen atoms in total. The molecule has 0 saturated heterocycles. The highest BCUT2D eigenvalue weighted by Gasteiger charge is 2.07. The average Bonchev–Trinajstić information content (AvgIpc) is 2.46. The van der Waals surface area contributed by atoms with Crippen LogP contribution in [0.5, 0.6) is 11.6 Å². The van der Waals surface area contributed by atoms with Crippen LogP contribution in [0.4, 0.5) is 0 Å². The first-order chi connectivity index (χ1) is 9.24. The normalized spacial score (nSPS) is 10.3. The second kappa shape index (κ2) is 6.38. The summed E-state index contributed by atoms with van der Waals surface area (Å²) < 4.78 is 10.7. The third-order valence-electron chi connectivity index (χ3n) is 2.71. The van der Waals surface area contributed by atoms with E-state index < -0.39 is 0 Å². The monoisotopic (exact) mass is 278 g/mol. The van der Waals surface area contributed by atoms with E-state index in [2.05, 4.69) is 10.2 Å². The fourth-order valence-electron chi connectivity index (χ4n) is 1.70. The van der Waals surface area contributed by atoms with Crippen molar-refractivity contribution >= 4 is 11.6 Å². The van der Waals surface area contributed by atoms with Crippen molar-refractivity contribution in [3.63, 3.8) is 0 Å². The van der Waals surface area contributed by atoms with E-state index in [0.717, 1.165) is 22.6 Å². The lowest BCUT2D eigenvalue weighted by molar-refractivity contribution is 0.294. The van der Waals surface area contributed by atoms with Crippen LogP contribution in [0, 0.1) is 6.92 Å². The molecule has 0 amide bonds.